The number of fused-ring (bicyclic) bond motifs is 1. The van der Waals surface area contributed by atoms with Crippen molar-refractivity contribution in [3.8, 4) is 5.75 Å². The lowest BCUT2D eigenvalue weighted by Crippen LogP contribution is -2.35. The molecule has 1 aliphatic heterocycles. The van der Waals surface area contributed by atoms with Crippen LogP contribution >= 0.6 is 23.2 Å². The number of hydrogen-bond acceptors (Lipinski definition) is 5. The average molecular weight is 571 g/mol. The van der Waals surface area contributed by atoms with Crippen LogP contribution in [0.1, 0.15) is 68.5 Å². The molecule has 2 aliphatic rings. The second-order valence-electron chi connectivity index (χ2n) is 11.2. The van der Waals surface area contributed by atoms with Gasteiger partial charge in [-0.2, -0.15) is 9.78 Å². The van der Waals surface area contributed by atoms with Crippen LogP contribution in [-0.2, 0) is 29.0 Å². The summed E-state index contributed by atoms with van der Waals surface area (Å²) >= 11 is 13.3. The Morgan fingerprint density at radius 3 is 2.51 bits per heavy atom. The summed E-state index contributed by atoms with van der Waals surface area (Å²) in [5, 5.41) is 5.33. The monoisotopic (exact) mass is 569 g/mol. The number of carbonyl (C=O) groups is 2. The van der Waals surface area contributed by atoms with Crippen molar-refractivity contribution in [3.05, 3.63) is 81.1 Å². The van der Waals surface area contributed by atoms with Gasteiger partial charge in [-0.05, 0) is 76.1 Å². The van der Waals surface area contributed by atoms with Gasteiger partial charge >= 0.3 is 6.09 Å². The van der Waals surface area contributed by atoms with Crippen LogP contribution in [0.4, 0.5) is 4.79 Å². The largest absolute Gasteiger partial charge is 0.489 e. The number of benzene rings is 2. The Morgan fingerprint density at radius 1 is 1.10 bits per heavy atom. The topological polar surface area (TPSA) is 73.7 Å². The Kier molecular flexibility index (Phi) is 7.92. The molecule has 7 nitrogen and oxygen atoms in total. The fraction of sp³-hybridized carbons (Fsp3) is 0.433. The lowest BCUT2D eigenvalue weighted by molar-refractivity contribution is -0.133. The molecule has 1 amide bonds. The molecule has 2 atom stereocenters. The molecule has 2 unspecified atom stereocenters. The fourth-order valence-electron chi connectivity index (χ4n) is 5.43. The number of hydrogen-bond donors (Lipinski definition) is 0. The molecule has 0 saturated carbocycles. The van der Waals surface area contributed by atoms with Crippen molar-refractivity contribution in [2.75, 3.05) is 6.54 Å². The Labute approximate surface area is 239 Å². The zero-order valence-electron chi connectivity index (χ0n) is 22.5. The van der Waals surface area contributed by atoms with Crippen molar-refractivity contribution in [2.45, 2.75) is 71.1 Å². The number of aromatic nitrogens is 2. The second-order valence-corrected chi connectivity index (χ2v) is 12.0. The van der Waals surface area contributed by atoms with E-state index in [1.807, 2.05) is 56.0 Å². The molecule has 206 valence electrons. The van der Waals surface area contributed by atoms with Crippen LogP contribution in [0.25, 0.3) is 0 Å². The predicted molar refractivity (Wildman–Crippen MR) is 150 cm³/mol. The number of likely N-dealkylation sites (tertiary alicyclic amines) is 1. The number of halogens is 2. The number of amides is 1. The predicted octanol–water partition coefficient (Wildman–Crippen LogP) is 7.02. The van der Waals surface area contributed by atoms with E-state index in [0.717, 1.165) is 41.6 Å². The summed E-state index contributed by atoms with van der Waals surface area (Å²) in [5.74, 6) is 0.450. The Hall–Kier alpha value is -3.03. The standard InChI is InChI=1S/C30H33Cl2N3O4/c1-30(2,3)39-29(37)35-27-11-7-10-26(23(27)17-33-35)34-13-12-20(28(34)36)14-22-24(31)15-21(16-25(22)32)38-18-19-8-5-4-6-9-19/h4-6,8-9,15-17,20,26H,7,10-14,18H2,1-3H3. The molecular weight excluding hydrogens is 537 g/mol. The second kappa shape index (κ2) is 11.2. The highest BCUT2D eigenvalue weighted by atomic mass is 35.5. The van der Waals surface area contributed by atoms with Crippen LogP contribution in [0.5, 0.6) is 5.75 Å². The van der Waals surface area contributed by atoms with Gasteiger partial charge in [0, 0.05) is 28.1 Å². The van der Waals surface area contributed by atoms with Gasteiger partial charge in [-0.25, -0.2) is 4.79 Å². The average Bonchev–Trinajstić information content (AvgIpc) is 3.48. The molecule has 0 radical (unpaired) electrons. The third-order valence-corrected chi connectivity index (χ3v) is 7.93. The van der Waals surface area contributed by atoms with Gasteiger partial charge in [-0.3, -0.25) is 4.79 Å². The zero-order valence-corrected chi connectivity index (χ0v) is 24.0. The first-order chi connectivity index (χ1) is 18.6. The molecule has 2 heterocycles. The van der Waals surface area contributed by atoms with E-state index in [-0.39, 0.29) is 17.9 Å². The molecule has 1 fully saturated rings. The van der Waals surface area contributed by atoms with Gasteiger partial charge in [0.1, 0.15) is 18.0 Å². The summed E-state index contributed by atoms with van der Waals surface area (Å²) in [6, 6.07) is 13.3. The number of nitrogens with zero attached hydrogens (tertiary/aromatic N) is 3. The van der Waals surface area contributed by atoms with Crippen molar-refractivity contribution in [1.82, 2.24) is 14.7 Å². The van der Waals surface area contributed by atoms with E-state index in [0.29, 0.717) is 41.8 Å². The molecule has 1 aromatic heterocycles. The normalized spacial score (nSPS) is 19.2. The third-order valence-electron chi connectivity index (χ3n) is 7.26. The molecule has 0 bridgehead atoms. The van der Waals surface area contributed by atoms with Crippen LogP contribution < -0.4 is 4.74 Å². The lowest BCUT2D eigenvalue weighted by Gasteiger charge is -2.31. The van der Waals surface area contributed by atoms with Crippen molar-refractivity contribution < 1.29 is 19.1 Å². The van der Waals surface area contributed by atoms with Crippen LogP contribution in [0.15, 0.2) is 48.7 Å². The molecule has 0 N–H and O–H groups in total. The minimum Gasteiger partial charge on any atom is -0.489 e. The van der Waals surface area contributed by atoms with E-state index in [1.54, 1.807) is 18.3 Å². The first-order valence-corrected chi connectivity index (χ1v) is 14.1. The minimum absolute atomic E-state index is 0.0782. The summed E-state index contributed by atoms with van der Waals surface area (Å²) < 4.78 is 12.8. The highest BCUT2D eigenvalue weighted by Crippen LogP contribution is 2.40. The quantitative estimate of drug-likeness (QED) is 0.319. The third kappa shape index (κ3) is 6.10. The van der Waals surface area contributed by atoms with Gasteiger partial charge in [0.25, 0.3) is 0 Å². The summed E-state index contributed by atoms with van der Waals surface area (Å²) in [7, 11) is 0. The fourth-order valence-corrected chi connectivity index (χ4v) is 6.05. The van der Waals surface area contributed by atoms with E-state index < -0.39 is 11.7 Å². The maximum absolute atomic E-state index is 13.6. The molecule has 3 aromatic rings. The highest BCUT2D eigenvalue weighted by Gasteiger charge is 2.40. The maximum atomic E-state index is 13.6. The van der Waals surface area contributed by atoms with Crippen molar-refractivity contribution in [3.63, 3.8) is 0 Å². The molecule has 1 aliphatic carbocycles. The number of ether oxygens (including phenoxy) is 2. The van der Waals surface area contributed by atoms with Crippen LogP contribution in [0.2, 0.25) is 10.0 Å². The summed E-state index contributed by atoms with van der Waals surface area (Å²) in [6.07, 6.45) is 4.82. The first kappa shape index (κ1) is 27.5. The Morgan fingerprint density at radius 2 is 1.82 bits per heavy atom. The van der Waals surface area contributed by atoms with E-state index in [1.165, 1.54) is 4.68 Å². The van der Waals surface area contributed by atoms with Crippen molar-refractivity contribution in [2.24, 2.45) is 5.92 Å². The zero-order chi connectivity index (χ0) is 27.7. The van der Waals surface area contributed by atoms with E-state index in [4.69, 9.17) is 32.7 Å². The van der Waals surface area contributed by atoms with Gasteiger partial charge < -0.3 is 14.4 Å². The van der Waals surface area contributed by atoms with Crippen LogP contribution in [0, 0.1) is 5.92 Å². The van der Waals surface area contributed by atoms with Crippen molar-refractivity contribution in [1.29, 1.82) is 0 Å². The summed E-state index contributed by atoms with van der Waals surface area (Å²) in [4.78, 5) is 28.2. The molecule has 39 heavy (non-hydrogen) atoms. The van der Waals surface area contributed by atoms with Crippen molar-refractivity contribution >= 4 is 35.2 Å². The van der Waals surface area contributed by atoms with Crippen LogP contribution in [0.3, 0.4) is 0 Å². The Bertz CT molecular complexity index is 1340. The highest BCUT2D eigenvalue weighted by molar-refractivity contribution is 6.36. The Balaban J connectivity index is 1.27. The summed E-state index contributed by atoms with van der Waals surface area (Å²) in [5.41, 5.74) is 2.95. The lowest BCUT2D eigenvalue weighted by atomic mass is 9.91. The van der Waals surface area contributed by atoms with E-state index >= 15 is 0 Å². The van der Waals surface area contributed by atoms with Gasteiger partial charge in [0.15, 0.2) is 0 Å². The molecule has 5 rings (SSSR count). The molecular formula is C30H33Cl2N3O4. The maximum Gasteiger partial charge on any atom is 0.435 e. The number of rotatable bonds is 6. The molecule has 1 saturated heterocycles. The SMILES string of the molecule is CC(C)(C)OC(=O)n1ncc2c1CCCC2N1CCC(Cc2c(Cl)cc(OCc3ccccc3)cc2Cl)C1=O. The molecule has 9 heteroatoms. The number of carbonyl (C=O) groups excluding carboxylic acids is 2. The summed E-state index contributed by atoms with van der Waals surface area (Å²) in [6.45, 7) is 6.54. The smallest absolute Gasteiger partial charge is 0.435 e. The first-order valence-electron chi connectivity index (χ1n) is 13.4. The van der Waals surface area contributed by atoms with Gasteiger partial charge in [0.2, 0.25) is 5.91 Å². The minimum atomic E-state index is -0.614. The van der Waals surface area contributed by atoms with Gasteiger partial charge in [-0.1, -0.05) is 53.5 Å². The van der Waals surface area contributed by atoms with E-state index in [9.17, 15) is 9.59 Å². The van der Waals surface area contributed by atoms with Crippen LogP contribution in [-0.4, -0.2) is 38.8 Å². The molecule has 0 spiro atoms. The van der Waals surface area contributed by atoms with E-state index in [2.05, 4.69) is 5.10 Å². The molecule has 2 aromatic carbocycles. The van der Waals surface area contributed by atoms with Gasteiger partial charge in [-0.15, -0.1) is 0 Å². The van der Waals surface area contributed by atoms with Gasteiger partial charge in [0.05, 0.1) is 17.9 Å².